The van der Waals surface area contributed by atoms with Gasteiger partial charge in [-0.15, -0.1) is 0 Å². The number of Topliss-reactive ketones (excluding diaryl/α,β-unsaturated/α-hetero) is 1. The Balaban J connectivity index is 2.47. The molecule has 1 atom stereocenters. The average molecular weight is 310 g/mol. The molecule has 0 aliphatic carbocycles. The van der Waals surface area contributed by atoms with Gasteiger partial charge >= 0.3 is 0 Å². The smallest absolute Gasteiger partial charge is 0.205 e. The molecular weight excluding hydrogens is 292 g/mol. The highest BCUT2D eigenvalue weighted by Crippen LogP contribution is 2.39. The summed E-state index contributed by atoms with van der Waals surface area (Å²) in [5.41, 5.74) is 7.28. The first-order valence-corrected chi connectivity index (χ1v) is 7.12. The number of benzene rings is 1. The van der Waals surface area contributed by atoms with E-state index in [2.05, 4.69) is 12.6 Å². The maximum atomic E-state index is 12.0. The van der Waals surface area contributed by atoms with Gasteiger partial charge in [0.05, 0.1) is 5.92 Å². The van der Waals surface area contributed by atoms with Gasteiger partial charge in [-0.2, -0.15) is 5.26 Å². The van der Waals surface area contributed by atoms with E-state index in [1.807, 2.05) is 12.1 Å². The van der Waals surface area contributed by atoms with E-state index < -0.39 is 5.92 Å². The van der Waals surface area contributed by atoms with Gasteiger partial charge < -0.3 is 15.2 Å². The van der Waals surface area contributed by atoms with E-state index in [-0.39, 0.29) is 17.2 Å². The zero-order valence-corrected chi connectivity index (χ0v) is 13.1. The Morgan fingerprint density at radius 3 is 2.65 bits per heavy atom. The molecule has 0 unspecified atom stereocenters. The summed E-state index contributed by atoms with van der Waals surface area (Å²) in [5.74, 6) is 0.457. The van der Waals surface area contributed by atoms with Crippen LogP contribution in [0.4, 0.5) is 0 Å². The number of carbonyl (C=O) groups excluding carboxylic acids is 1. The molecule has 1 aromatic carbocycles. The average Bonchev–Trinajstić information content (AvgIpc) is 2.52. The third-order valence-electron chi connectivity index (χ3n) is 3.57. The lowest BCUT2D eigenvalue weighted by molar-refractivity contribution is -0.114. The Labute approximate surface area is 135 Å². The molecular formula is C18H18N2O3. The minimum Gasteiger partial charge on any atom is -0.490 e. The van der Waals surface area contributed by atoms with E-state index in [0.717, 1.165) is 5.56 Å². The molecule has 1 aromatic rings. The van der Waals surface area contributed by atoms with Gasteiger partial charge in [0, 0.05) is 5.57 Å². The maximum Gasteiger partial charge on any atom is 0.205 e. The molecule has 0 aromatic heterocycles. The zero-order chi connectivity index (χ0) is 17.0. The number of hydrogen-bond acceptors (Lipinski definition) is 5. The molecule has 0 saturated carbocycles. The van der Waals surface area contributed by atoms with Gasteiger partial charge in [0.25, 0.3) is 0 Å². The SMILES string of the molecule is C=CCOc1ccc([C@@H]2C(C#N)=C(N)OC(C)=C2C(C)=O)cc1. The molecule has 0 saturated heterocycles. The lowest BCUT2D eigenvalue weighted by Gasteiger charge is -2.26. The molecule has 2 rings (SSSR count). The summed E-state index contributed by atoms with van der Waals surface area (Å²) in [5, 5.41) is 9.41. The second kappa shape index (κ2) is 6.84. The van der Waals surface area contributed by atoms with Crippen molar-refractivity contribution in [2.45, 2.75) is 19.8 Å². The van der Waals surface area contributed by atoms with E-state index in [1.165, 1.54) is 6.92 Å². The Hall–Kier alpha value is -3.00. The van der Waals surface area contributed by atoms with Crippen LogP contribution >= 0.6 is 0 Å². The topological polar surface area (TPSA) is 85.3 Å². The quantitative estimate of drug-likeness (QED) is 0.845. The first-order valence-electron chi connectivity index (χ1n) is 7.12. The number of hydrogen-bond donors (Lipinski definition) is 1. The number of nitriles is 1. The highest BCUT2D eigenvalue weighted by atomic mass is 16.5. The molecule has 118 valence electrons. The number of ether oxygens (including phenoxy) is 2. The van der Waals surface area contributed by atoms with Crippen LogP contribution in [0.25, 0.3) is 0 Å². The Morgan fingerprint density at radius 2 is 2.13 bits per heavy atom. The summed E-state index contributed by atoms with van der Waals surface area (Å²) in [6.07, 6.45) is 1.66. The largest absolute Gasteiger partial charge is 0.490 e. The van der Waals surface area contributed by atoms with Gasteiger partial charge in [0.15, 0.2) is 5.78 Å². The van der Waals surface area contributed by atoms with Crippen molar-refractivity contribution >= 4 is 5.78 Å². The lowest BCUT2D eigenvalue weighted by Crippen LogP contribution is -2.23. The van der Waals surface area contributed by atoms with Gasteiger partial charge in [-0.3, -0.25) is 4.79 Å². The van der Waals surface area contributed by atoms with Crippen LogP contribution in [0.1, 0.15) is 25.3 Å². The van der Waals surface area contributed by atoms with Gasteiger partial charge in [0.2, 0.25) is 5.88 Å². The van der Waals surface area contributed by atoms with Crippen LogP contribution in [0.2, 0.25) is 0 Å². The summed E-state index contributed by atoms with van der Waals surface area (Å²) in [7, 11) is 0. The van der Waals surface area contributed by atoms with Gasteiger partial charge in [-0.25, -0.2) is 0 Å². The van der Waals surface area contributed by atoms with Crippen LogP contribution in [-0.4, -0.2) is 12.4 Å². The molecule has 1 aliphatic heterocycles. The predicted molar refractivity (Wildman–Crippen MR) is 86.2 cm³/mol. The molecule has 0 fully saturated rings. The lowest BCUT2D eigenvalue weighted by atomic mass is 9.81. The van der Waals surface area contributed by atoms with Gasteiger partial charge in [0.1, 0.15) is 29.8 Å². The molecule has 0 bridgehead atoms. The van der Waals surface area contributed by atoms with E-state index in [4.69, 9.17) is 15.2 Å². The Morgan fingerprint density at radius 1 is 1.48 bits per heavy atom. The molecule has 0 amide bonds. The molecule has 0 radical (unpaired) electrons. The van der Waals surface area contributed by atoms with Crippen molar-refractivity contribution in [2.24, 2.45) is 5.73 Å². The fraction of sp³-hybridized carbons (Fsp3) is 0.222. The Kier molecular flexibility index (Phi) is 4.87. The van der Waals surface area contributed by atoms with Crippen molar-refractivity contribution in [1.82, 2.24) is 0 Å². The van der Waals surface area contributed by atoms with Crippen molar-refractivity contribution in [3.05, 3.63) is 65.3 Å². The number of rotatable bonds is 5. The molecule has 0 spiro atoms. The molecule has 5 nitrogen and oxygen atoms in total. The number of allylic oxidation sites excluding steroid dienone is 3. The van der Waals surface area contributed by atoms with Crippen molar-refractivity contribution in [3.63, 3.8) is 0 Å². The van der Waals surface area contributed by atoms with E-state index in [9.17, 15) is 10.1 Å². The normalized spacial score (nSPS) is 17.3. The fourth-order valence-electron chi connectivity index (χ4n) is 2.58. The third kappa shape index (κ3) is 3.27. The van der Waals surface area contributed by atoms with Crippen LogP contribution in [0.5, 0.6) is 5.75 Å². The van der Waals surface area contributed by atoms with Crippen molar-refractivity contribution in [3.8, 4) is 11.8 Å². The number of nitrogens with zero attached hydrogens (tertiary/aromatic N) is 1. The number of nitrogens with two attached hydrogens (primary N) is 1. The third-order valence-corrected chi connectivity index (χ3v) is 3.57. The monoisotopic (exact) mass is 310 g/mol. The first kappa shape index (κ1) is 16.4. The standard InChI is InChI=1S/C18H18N2O3/c1-4-9-22-14-7-5-13(6-8-14)17-15(10-19)18(20)23-12(3)16(17)11(2)21/h4-8,17H,1,9,20H2,2-3H3/t17-/m1/s1. The van der Waals surface area contributed by atoms with Crippen LogP contribution in [0.3, 0.4) is 0 Å². The highest BCUT2D eigenvalue weighted by molar-refractivity contribution is 5.96. The second-order valence-corrected chi connectivity index (χ2v) is 5.12. The van der Waals surface area contributed by atoms with Crippen LogP contribution in [-0.2, 0) is 9.53 Å². The molecule has 2 N–H and O–H groups in total. The highest BCUT2D eigenvalue weighted by Gasteiger charge is 2.33. The Bertz CT molecular complexity index is 737. The first-order chi connectivity index (χ1) is 11.0. The van der Waals surface area contributed by atoms with Gasteiger partial charge in [-0.1, -0.05) is 24.8 Å². The summed E-state index contributed by atoms with van der Waals surface area (Å²) < 4.78 is 10.8. The number of carbonyl (C=O) groups is 1. The van der Waals surface area contributed by atoms with E-state index in [0.29, 0.717) is 23.7 Å². The summed E-state index contributed by atoms with van der Waals surface area (Å²) in [6.45, 7) is 7.13. The van der Waals surface area contributed by atoms with Crippen LogP contribution in [0, 0.1) is 11.3 Å². The maximum absolute atomic E-state index is 12.0. The molecule has 1 aliphatic rings. The molecule has 23 heavy (non-hydrogen) atoms. The summed E-state index contributed by atoms with van der Waals surface area (Å²) in [4.78, 5) is 12.0. The van der Waals surface area contributed by atoms with E-state index >= 15 is 0 Å². The minimum absolute atomic E-state index is 0.0342. The zero-order valence-electron chi connectivity index (χ0n) is 13.1. The number of ketones is 1. The fourth-order valence-corrected chi connectivity index (χ4v) is 2.58. The second-order valence-electron chi connectivity index (χ2n) is 5.12. The van der Waals surface area contributed by atoms with E-state index in [1.54, 1.807) is 25.1 Å². The predicted octanol–water partition coefficient (Wildman–Crippen LogP) is 2.92. The summed E-state index contributed by atoms with van der Waals surface area (Å²) in [6, 6.07) is 9.25. The minimum atomic E-state index is -0.528. The summed E-state index contributed by atoms with van der Waals surface area (Å²) >= 11 is 0. The molecule has 5 heteroatoms. The molecule has 1 heterocycles. The van der Waals surface area contributed by atoms with Crippen molar-refractivity contribution < 1.29 is 14.3 Å². The van der Waals surface area contributed by atoms with Crippen LogP contribution in [0.15, 0.2) is 59.7 Å². The van der Waals surface area contributed by atoms with Crippen molar-refractivity contribution in [1.29, 1.82) is 5.26 Å². The van der Waals surface area contributed by atoms with Crippen molar-refractivity contribution in [2.75, 3.05) is 6.61 Å². The van der Waals surface area contributed by atoms with Crippen LogP contribution < -0.4 is 10.5 Å². The van der Waals surface area contributed by atoms with Gasteiger partial charge in [-0.05, 0) is 31.5 Å².